The van der Waals surface area contributed by atoms with Crippen molar-refractivity contribution in [3.05, 3.63) is 60.2 Å². The van der Waals surface area contributed by atoms with Crippen LogP contribution in [-0.2, 0) is 16.2 Å². The molecule has 132 valence electrons. The summed E-state index contributed by atoms with van der Waals surface area (Å²) < 4.78 is 5.70. The molecule has 1 atom stereocenters. The van der Waals surface area contributed by atoms with E-state index in [4.69, 9.17) is 9.84 Å². The van der Waals surface area contributed by atoms with Gasteiger partial charge < -0.3 is 14.7 Å². The fraction of sp³-hybridized carbons (Fsp3) is 0.263. The van der Waals surface area contributed by atoms with Crippen LogP contribution in [0.25, 0.3) is 0 Å². The van der Waals surface area contributed by atoms with Crippen LogP contribution in [0.2, 0.25) is 0 Å². The summed E-state index contributed by atoms with van der Waals surface area (Å²) >= 11 is 4.12. The molecule has 2 aromatic rings. The van der Waals surface area contributed by atoms with Gasteiger partial charge in [0, 0.05) is 17.4 Å². The maximum atomic E-state index is 12.4. The van der Waals surface area contributed by atoms with Crippen molar-refractivity contribution in [3.8, 4) is 5.75 Å². The minimum absolute atomic E-state index is 0.268. The molecule has 2 aromatic carbocycles. The molecule has 0 saturated heterocycles. The molecule has 5 nitrogen and oxygen atoms in total. The van der Waals surface area contributed by atoms with Gasteiger partial charge >= 0.3 is 5.97 Å². The molecule has 1 N–H and O–H groups in total. The highest BCUT2D eigenvalue weighted by Crippen LogP contribution is 2.22. The molecular weight excluding hydrogens is 338 g/mol. The Kier molecular flexibility index (Phi) is 6.89. The van der Waals surface area contributed by atoms with E-state index in [1.165, 1.54) is 4.90 Å². The van der Waals surface area contributed by atoms with Crippen molar-refractivity contribution in [1.82, 2.24) is 0 Å². The third kappa shape index (κ3) is 5.53. The number of aliphatic carboxylic acids is 1. The van der Waals surface area contributed by atoms with E-state index in [0.29, 0.717) is 23.8 Å². The highest BCUT2D eigenvalue weighted by atomic mass is 32.1. The Balaban J connectivity index is 2.09. The van der Waals surface area contributed by atoms with Crippen LogP contribution in [0.1, 0.15) is 12.5 Å². The zero-order valence-corrected chi connectivity index (χ0v) is 14.9. The van der Waals surface area contributed by atoms with Gasteiger partial charge in [0.15, 0.2) is 0 Å². The molecule has 0 saturated carbocycles. The van der Waals surface area contributed by atoms with Crippen LogP contribution in [0.15, 0.2) is 54.6 Å². The average molecular weight is 359 g/mol. The molecule has 0 aliphatic carbocycles. The zero-order valence-electron chi connectivity index (χ0n) is 14.0. The number of hydrogen-bond acceptors (Lipinski definition) is 4. The summed E-state index contributed by atoms with van der Waals surface area (Å²) in [5.74, 6) is -0.693. The quantitative estimate of drug-likeness (QED) is 0.710. The topological polar surface area (TPSA) is 66.8 Å². The fourth-order valence-corrected chi connectivity index (χ4v) is 2.40. The number of benzene rings is 2. The first kappa shape index (κ1) is 18.9. The van der Waals surface area contributed by atoms with Gasteiger partial charge in [-0.05, 0) is 29.8 Å². The fourth-order valence-electron chi connectivity index (χ4n) is 2.24. The number of carbonyl (C=O) groups excluding carboxylic acids is 1. The van der Waals surface area contributed by atoms with Gasteiger partial charge in [-0.3, -0.25) is 9.59 Å². The largest absolute Gasteiger partial charge is 0.489 e. The number of amides is 1. The molecule has 1 amide bonds. The van der Waals surface area contributed by atoms with Gasteiger partial charge in [-0.1, -0.05) is 37.3 Å². The number of anilines is 1. The Morgan fingerprint density at radius 1 is 1.12 bits per heavy atom. The summed E-state index contributed by atoms with van der Waals surface area (Å²) in [5, 5.41) is 9.08. The van der Waals surface area contributed by atoms with E-state index < -0.39 is 5.97 Å². The van der Waals surface area contributed by atoms with Crippen LogP contribution in [0.3, 0.4) is 0 Å². The van der Waals surface area contributed by atoms with E-state index in [-0.39, 0.29) is 18.4 Å². The number of hydrogen-bond donors (Lipinski definition) is 2. The molecule has 6 heteroatoms. The van der Waals surface area contributed by atoms with Gasteiger partial charge in [-0.25, -0.2) is 0 Å². The number of thiol groups is 1. The van der Waals surface area contributed by atoms with E-state index in [2.05, 4.69) is 12.6 Å². The van der Waals surface area contributed by atoms with Gasteiger partial charge in [0.2, 0.25) is 5.91 Å². The van der Waals surface area contributed by atoms with E-state index in [0.717, 1.165) is 5.56 Å². The summed E-state index contributed by atoms with van der Waals surface area (Å²) in [4.78, 5) is 24.7. The summed E-state index contributed by atoms with van der Waals surface area (Å²) in [6.45, 7) is 1.78. The highest BCUT2D eigenvalue weighted by molar-refractivity contribution is 7.80. The second-order valence-corrected chi connectivity index (χ2v) is 6.04. The molecule has 0 heterocycles. The summed E-state index contributed by atoms with van der Waals surface area (Å²) in [7, 11) is 0. The lowest BCUT2D eigenvalue weighted by molar-refractivity contribution is -0.137. The van der Waals surface area contributed by atoms with Gasteiger partial charge in [0.25, 0.3) is 0 Å². The number of carboxylic acids is 1. The van der Waals surface area contributed by atoms with E-state index in [9.17, 15) is 9.59 Å². The Bertz CT molecular complexity index is 703. The second kappa shape index (κ2) is 9.13. The van der Waals surface area contributed by atoms with E-state index >= 15 is 0 Å². The Hall–Kier alpha value is -2.47. The van der Waals surface area contributed by atoms with Crippen LogP contribution in [0, 0.1) is 5.92 Å². The number of carboxylic acid groups (broad SMARTS) is 1. The number of carbonyl (C=O) groups is 2. The highest BCUT2D eigenvalue weighted by Gasteiger charge is 2.23. The van der Waals surface area contributed by atoms with Gasteiger partial charge in [0.1, 0.15) is 18.9 Å². The summed E-state index contributed by atoms with van der Waals surface area (Å²) in [5.41, 5.74) is 1.57. The third-order valence-corrected chi connectivity index (χ3v) is 4.20. The number of ether oxygens (including phenoxy) is 1. The maximum Gasteiger partial charge on any atom is 0.323 e. The van der Waals surface area contributed by atoms with Crippen molar-refractivity contribution in [1.29, 1.82) is 0 Å². The van der Waals surface area contributed by atoms with Gasteiger partial charge in [-0.15, -0.1) is 0 Å². The van der Waals surface area contributed by atoms with E-state index in [1.54, 1.807) is 31.2 Å². The van der Waals surface area contributed by atoms with Gasteiger partial charge in [0.05, 0.1) is 0 Å². The predicted octanol–water partition coefficient (Wildman–Crippen LogP) is 3.25. The molecule has 0 radical (unpaired) electrons. The average Bonchev–Trinajstić information content (AvgIpc) is 2.64. The molecule has 0 aromatic heterocycles. The van der Waals surface area contributed by atoms with Crippen molar-refractivity contribution in [2.75, 3.05) is 17.2 Å². The van der Waals surface area contributed by atoms with Crippen LogP contribution in [0.5, 0.6) is 5.75 Å². The molecular formula is C19H21NO4S. The normalized spacial score (nSPS) is 11.6. The molecule has 0 aliphatic heterocycles. The van der Waals surface area contributed by atoms with Crippen LogP contribution in [0.4, 0.5) is 5.69 Å². The van der Waals surface area contributed by atoms with Crippen molar-refractivity contribution >= 4 is 30.2 Å². The molecule has 0 spiro atoms. The molecule has 0 unspecified atom stereocenters. The SMILES string of the molecule is C[C@H](CS)C(=O)N(CC(=O)O)c1ccc(OCc2ccccc2)cc1. The molecule has 0 aliphatic rings. The number of nitrogens with zero attached hydrogens (tertiary/aromatic N) is 1. The monoisotopic (exact) mass is 359 g/mol. The van der Waals surface area contributed by atoms with Crippen LogP contribution >= 0.6 is 12.6 Å². The lowest BCUT2D eigenvalue weighted by Gasteiger charge is -2.24. The lowest BCUT2D eigenvalue weighted by atomic mass is 10.1. The second-order valence-electron chi connectivity index (χ2n) is 5.67. The minimum Gasteiger partial charge on any atom is -0.489 e. The third-order valence-electron chi connectivity index (χ3n) is 3.65. The maximum absolute atomic E-state index is 12.4. The van der Waals surface area contributed by atoms with E-state index in [1.807, 2.05) is 30.3 Å². The first-order valence-electron chi connectivity index (χ1n) is 7.92. The predicted molar refractivity (Wildman–Crippen MR) is 100 cm³/mol. The first-order chi connectivity index (χ1) is 12.0. The lowest BCUT2D eigenvalue weighted by Crippen LogP contribution is -2.39. The smallest absolute Gasteiger partial charge is 0.323 e. The summed E-state index contributed by atoms with van der Waals surface area (Å²) in [6.07, 6.45) is 0. The van der Waals surface area contributed by atoms with Crippen molar-refractivity contribution in [3.63, 3.8) is 0 Å². The Morgan fingerprint density at radius 2 is 1.76 bits per heavy atom. The van der Waals surface area contributed by atoms with Crippen LogP contribution in [-0.4, -0.2) is 29.3 Å². The van der Waals surface area contributed by atoms with Crippen LogP contribution < -0.4 is 9.64 Å². The molecule has 25 heavy (non-hydrogen) atoms. The molecule has 2 rings (SSSR count). The van der Waals surface area contributed by atoms with Crippen molar-refractivity contribution in [2.45, 2.75) is 13.5 Å². The molecule has 0 bridgehead atoms. The van der Waals surface area contributed by atoms with Crippen molar-refractivity contribution in [2.24, 2.45) is 5.92 Å². The minimum atomic E-state index is -1.07. The van der Waals surface area contributed by atoms with Crippen molar-refractivity contribution < 1.29 is 19.4 Å². The zero-order chi connectivity index (χ0) is 18.2. The first-order valence-corrected chi connectivity index (χ1v) is 8.55. The standard InChI is InChI=1S/C19H21NO4S/c1-14(13-25)19(23)20(11-18(21)22)16-7-9-17(10-8-16)24-12-15-5-3-2-4-6-15/h2-10,14,25H,11-13H2,1H3,(H,21,22)/t14-/m1/s1. The Labute approximate surface area is 152 Å². The number of rotatable bonds is 8. The van der Waals surface area contributed by atoms with Gasteiger partial charge in [-0.2, -0.15) is 12.6 Å². The summed E-state index contributed by atoms with van der Waals surface area (Å²) in [6, 6.07) is 16.6. The molecule has 0 fully saturated rings. The Morgan fingerprint density at radius 3 is 2.32 bits per heavy atom.